The summed E-state index contributed by atoms with van der Waals surface area (Å²) in [7, 11) is -3.55. The number of benzene rings is 1. The van der Waals surface area contributed by atoms with Crippen LogP contribution in [0.25, 0.3) is 0 Å². The van der Waals surface area contributed by atoms with Crippen LogP contribution in [0, 0.1) is 6.92 Å². The molecule has 0 spiro atoms. The fourth-order valence-corrected chi connectivity index (χ4v) is 3.78. The fraction of sp³-hybridized carbons (Fsp3) is 0.353. The first-order chi connectivity index (χ1) is 11.6. The van der Waals surface area contributed by atoms with Crippen LogP contribution in [0.3, 0.4) is 0 Å². The van der Waals surface area contributed by atoms with Gasteiger partial charge in [0.1, 0.15) is 5.82 Å². The molecule has 2 aromatic rings. The summed E-state index contributed by atoms with van der Waals surface area (Å²) in [6.45, 7) is 4.91. The topological polar surface area (TPSA) is 71.5 Å². The van der Waals surface area contributed by atoms with Gasteiger partial charge in [0.05, 0.1) is 18.1 Å². The minimum absolute atomic E-state index is 0.205. The van der Waals surface area contributed by atoms with Crippen molar-refractivity contribution in [2.24, 2.45) is 0 Å². The summed E-state index contributed by atoms with van der Waals surface area (Å²) in [5.41, 5.74) is 1.77. The molecule has 1 fully saturated rings. The lowest BCUT2D eigenvalue weighted by atomic mass is 10.2. The van der Waals surface area contributed by atoms with E-state index in [2.05, 4.69) is 14.6 Å². The van der Waals surface area contributed by atoms with Crippen LogP contribution in [0.15, 0.2) is 47.5 Å². The highest BCUT2D eigenvalue weighted by Gasteiger charge is 2.18. The van der Waals surface area contributed by atoms with E-state index in [1.807, 2.05) is 25.1 Å². The molecule has 1 aromatic carbocycles. The van der Waals surface area contributed by atoms with Crippen LogP contribution in [0.5, 0.6) is 0 Å². The fourth-order valence-electron chi connectivity index (χ4n) is 2.67. The number of aromatic nitrogens is 1. The minimum Gasteiger partial charge on any atom is -0.378 e. The second kappa shape index (κ2) is 7.29. The van der Waals surface area contributed by atoms with Gasteiger partial charge in [-0.1, -0.05) is 18.2 Å². The number of sulfonamides is 1. The van der Waals surface area contributed by atoms with Crippen molar-refractivity contribution in [1.82, 2.24) is 9.71 Å². The zero-order valence-electron chi connectivity index (χ0n) is 13.6. The van der Waals surface area contributed by atoms with Gasteiger partial charge in [0.2, 0.25) is 10.0 Å². The van der Waals surface area contributed by atoms with E-state index in [1.54, 1.807) is 24.4 Å². The second-order valence-electron chi connectivity index (χ2n) is 5.73. The molecular formula is C17H21N3O3S. The summed E-state index contributed by atoms with van der Waals surface area (Å²) in [5.74, 6) is 0.813. The van der Waals surface area contributed by atoms with E-state index in [0.29, 0.717) is 13.2 Å². The Morgan fingerprint density at radius 3 is 2.75 bits per heavy atom. The summed E-state index contributed by atoms with van der Waals surface area (Å²) in [6, 6.07) is 10.6. The first-order valence-corrected chi connectivity index (χ1v) is 9.37. The van der Waals surface area contributed by atoms with Gasteiger partial charge in [0.15, 0.2) is 0 Å². The number of nitrogens with zero attached hydrogens (tertiary/aromatic N) is 2. The first kappa shape index (κ1) is 16.9. The standard InChI is InChI=1S/C17H21N3O3S/c1-14-4-2-6-16(12-14)24(21,22)19-13-15-5-3-7-18-17(15)20-8-10-23-11-9-20/h2-7,12,19H,8-11,13H2,1H3. The highest BCUT2D eigenvalue weighted by atomic mass is 32.2. The van der Waals surface area contributed by atoms with E-state index in [1.165, 1.54) is 0 Å². The van der Waals surface area contributed by atoms with Gasteiger partial charge < -0.3 is 9.64 Å². The maximum atomic E-state index is 12.5. The van der Waals surface area contributed by atoms with Crippen molar-refractivity contribution in [2.75, 3.05) is 31.2 Å². The maximum absolute atomic E-state index is 12.5. The Bertz CT molecular complexity index is 802. The number of anilines is 1. The minimum atomic E-state index is -3.55. The molecule has 6 nitrogen and oxygen atoms in total. The van der Waals surface area contributed by atoms with Crippen molar-refractivity contribution in [2.45, 2.75) is 18.4 Å². The van der Waals surface area contributed by atoms with Crippen LogP contribution in [-0.2, 0) is 21.3 Å². The van der Waals surface area contributed by atoms with E-state index in [4.69, 9.17) is 4.74 Å². The third kappa shape index (κ3) is 3.92. The van der Waals surface area contributed by atoms with Crippen LogP contribution in [-0.4, -0.2) is 39.7 Å². The number of hydrogen-bond donors (Lipinski definition) is 1. The normalized spacial score (nSPS) is 15.5. The molecule has 0 unspecified atom stereocenters. The first-order valence-electron chi connectivity index (χ1n) is 7.89. The van der Waals surface area contributed by atoms with Gasteiger partial charge in [-0.2, -0.15) is 0 Å². The van der Waals surface area contributed by atoms with Crippen molar-refractivity contribution >= 4 is 15.8 Å². The van der Waals surface area contributed by atoms with Crippen LogP contribution in [0.2, 0.25) is 0 Å². The molecule has 1 aromatic heterocycles. The Kier molecular flexibility index (Phi) is 5.13. The molecule has 0 radical (unpaired) electrons. The second-order valence-corrected chi connectivity index (χ2v) is 7.49. The Labute approximate surface area is 142 Å². The summed E-state index contributed by atoms with van der Waals surface area (Å²) in [5, 5.41) is 0. The zero-order valence-corrected chi connectivity index (χ0v) is 14.4. The van der Waals surface area contributed by atoms with Gasteiger partial charge in [-0.3, -0.25) is 0 Å². The molecule has 24 heavy (non-hydrogen) atoms. The van der Waals surface area contributed by atoms with E-state index in [9.17, 15) is 8.42 Å². The van der Waals surface area contributed by atoms with Gasteiger partial charge in [0.25, 0.3) is 0 Å². The van der Waals surface area contributed by atoms with Crippen molar-refractivity contribution in [3.63, 3.8) is 0 Å². The molecule has 0 bridgehead atoms. The molecule has 3 rings (SSSR count). The smallest absolute Gasteiger partial charge is 0.240 e. The number of hydrogen-bond acceptors (Lipinski definition) is 5. The molecule has 128 valence electrons. The van der Waals surface area contributed by atoms with Crippen LogP contribution in [0.1, 0.15) is 11.1 Å². The molecule has 0 atom stereocenters. The molecule has 0 saturated carbocycles. The molecule has 0 aliphatic carbocycles. The Balaban J connectivity index is 1.77. The average molecular weight is 347 g/mol. The van der Waals surface area contributed by atoms with Gasteiger partial charge >= 0.3 is 0 Å². The predicted octanol–water partition coefficient (Wildman–Crippen LogP) is 1.71. The van der Waals surface area contributed by atoms with Crippen LogP contribution < -0.4 is 9.62 Å². The predicted molar refractivity (Wildman–Crippen MR) is 92.5 cm³/mol. The van der Waals surface area contributed by atoms with E-state index >= 15 is 0 Å². The van der Waals surface area contributed by atoms with Gasteiger partial charge in [0, 0.05) is 31.4 Å². The summed E-state index contributed by atoms with van der Waals surface area (Å²) >= 11 is 0. The molecule has 1 aliphatic rings. The maximum Gasteiger partial charge on any atom is 0.240 e. The molecule has 1 aliphatic heterocycles. The number of ether oxygens (including phenoxy) is 1. The molecule has 1 N–H and O–H groups in total. The van der Waals surface area contributed by atoms with E-state index < -0.39 is 10.0 Å². The number of nitrogens with one attached hydrogen (secondary N) is 1. The van der Waals surface area contributed by atoms with Gasteiger partial charge in [-0.15, -0.1) is 0 Å². The highest BCUT2D eigenvalue weighted by molar-refractivity contribution is 7.89. The lowest BCUT2D eigenvalue weighted by molar-refractivity contribution is 0.122. The number of morpholine rings is 1. The van der Waals surface area contributed by atoms with Crippen molar-refractivity contribution in [3.05, 3.63) is 53.7 Å². The molecule has 1 saturated heterocycles. The SMILES string of the molecule is Cc1cccc(S(=O)(=O)NCc2cccnc2N2CCOCC2)c1. The molecule has 0 amide bonds. The highest BCUT2D eigenvalue weighted by Crippen LogP contribution is 2.19. The quantitative estimate of drug-likeness (QED) is 0.891. The Morgan fingerprint density at radius 1 is 1.21 bits per heavy atom. The van der Waals surface area contributed by atoms with Crippen molar-refractivity contribution < 1.29 is 13.2 Å². The van der Waals surface area contributed by atoms with Crippen LogP contribution in [0.4, 0.5) is 5.82 Å². The summed E-state index contributed by atoms with van der Waals surface area (Å²) in [6.07, 6.45) is 1.73. The lowest BCUT2D eigenvalue weighted by Gasteiger charge is -2.29. The lowest BCUT2D eigenvalue weighted by Crippen LogP contribution is -2.37. The van der Waals surface area contributed by atoms with Gasteiger partial charge in [-0.05, 0) is 30.7 Å². The molecule has 2 heterocycles. The largest absolute Gasteiger partial charge is 0.378 e. The Morgan fingerprint density at radius 2 is 2.00 bits per heavy atom. The van der Waals surface area contributed by atoms with Gasteiger partial charge in [-0.25, -0.2) is 18.1 Å². The number of aryl methyl sites for hydroxylation is 1. The zero-order chi connectivity index (χ0) is 17.0. The third-order valence-corrected chi connectivity index (χ3v) is 5.33. The van der Waals surface area contributed by atoms with Crippen molar-refractivity contribution in [3.8, 4) is 0 Å². The average Bonchev–Trinajstić information content (AvgIpc) is 2.61. The summed E-state index contributed by atoms with van der Waals surface area (Å²) < 4.78 is 33.0. The molecular weight excluding hydrogens is 326 g/mol. The summed E-state index contributed by atoms with van der Waals surface area (Å²) in [4.78, 5) is 6.83. The number of rotatable bonds is 5. The monoisotopic (exact) mass is 347 g/mol. The van der Waals surface area contributed by atoms with Crippen molar-refractivity contribution in [1.29, 1.82) is 0 Å². The molecule has 7 heteroatoms. The number of pyridine rings is 1. The van der Waals surface area contributed by atoms with Crippen LogP contribution >= 0.6 is 0 Å². The van der Waals surface area contributed by atoms with E-state index in [0.717, 1.165) is 30.0 Å². The van der Waals surface area contributed by atoms with E-state index in [-0.39, 0.29) is 11.4 Å². The Hall–Kier alpha value is -1.96. The third-order valence-electron chi connectivity index (χ3n) is 3.93.